The zero-order valence-electron chi connectivity index (χ0n) is 10.9. The number of fused-ring (bicyclic) bond motifs is 1. The summed E-state index contributed by atoms with van der Waals surface area (Å²) in [7, 11) is 0. The maximum absolute atomic E-state index is 6.15. The van der Waals surface area contributed by atoms with Crippen molar-refractivity contribution < 1.29 is 9.47 Å². The molecule has 2 aliphatic rings. The number of benzene rings is 1. The molecule has 98 valence electrons. The highest BCUT2D eigenvalue weighted by molar-refractivity contribution is 5.40. The summed E-state index contributed by atoms with van der Waals surface area (Å²) in [6.45, 7) is 3.72. The Balaban J connectivity index is 1.63. The van der Waals surface area contributed by atoms with Crippen molar-refractivity contribution in [2.24, 2.45) is 11.7 Å². The largest absolute Gasteiger partial charge is 0.490 e. The van der Waals surface area contributed by atoms with E-state index in [1.165, 1.54) is 11.1 Å². The lowest BCUT2D eigenvalue weighted by Gasteiger charge is -2.30. The van der Waals surface area contributed by atoms with Crippen LogP contribution in [0.2, 0.25) is 0 Å². The van der Waals surface area contributed by atoms with Crippen LogP contribution in [-0.4, -0.2) is 25.4 Å². The van der Waals surface area contributed by atoms with Crippen LogP contribution in [-0.2, 0) is 11.2 Å². The second-order valence-corrected chi connectivity index (χ2v) is 5.58. The monoisotopic (exact) mass is 247 g/mol. The van der Waals surface area contributed by atoms with E-state index in [0.717, 1.165) is 38.2 Å². The molecule has 1 aromatic rings. The molecule has 3 unspecified atom stereocenters. The molecule has 18 heavy (non-hydrogen) atoms. The summed E-state index contributed by atoms with van der Waals surface area (Å²) in [5, 5.41) is 0. The van der Waals surface area contributed by atoms with Crippen molar-refractivity contribution in [3.05, 3.63) is 29.3 Å². The number of rotatable bonds is 2. The van der Waals surface area contributed by atoms with Crippen molar-refractivity contribution in [1.29, 1.82) is 0 Å². The van der Waals surface area contributed by atoms with Gasteiger partial charge in [-0.1, -0.05) is 17.7 Å². The van der Waals surface area contributed by atoms with Crippen LogP contribution in [0, 0.1) is 12.8 Å². The van der Waals surface area contributed by atoms with Crippen LogP contribution in [0.3, 0.4) is 0 Å². The molecule has 2 N–H and O–H groups in total. The number of aryl methyl sites for hydroxylation is 1. The maximum atomic E-state index is 6.15. The summed E-state index contributed by atoms with van der Waals surface area (Å²) in [6.07, 6.45) is 3.28. The Bertz CT molecular complexity index is 433. The topological polar surface area (TPSA) is 44.5 Å². The van der Waals surface area contributed by atoms with Gasteiger partial charge in [-0.05, 0) is 31.4 Å². The van der Waals surface area contributed by atoms with E-state index in [2.05, 4.69) is 25.1 Å². The molecule has 3 atom stereocenters. The Morgan fingerprint density at radius 1 is 1.39 bits per heavy atom. The van der Waals surface area contributed by atoms with E-state index in [1.807, 2.05) is 0 Å². The van der Waals surface area contributed by atoms with Crippen molar-refractivity contribution in [3.63, 3.8) is 0 Å². The summed E-state index contributed by atoms with van der Waals surface area (Å²) in [4.78, 5) is 0. The van der Waals surface area contributed by atoms with Gasteiger partial charge in [0.25, 0.3) is 0 Å². The van der Waals surface area contributed by atoms with E-state index in [-0.39, 0.29) is 12.1 Å². The van der Waals surface area contributed by atoms with Crippen LogP contribution >= 0.6 is 0 Å². The van der Waals surface area contributed by atoms with Gasteiger partial charge in [-0.3, -0.25) is 0 Å². The molecule has 0 bridgehead atoms. The first kappa shape index (κ1) is 12.0. The quantitative estimate of drug-likeness (QED) is 0.870. The molecule has 1 saturated heterocycles. The fourth-order valence-electron chi connectivity index (χ4n) is 2.97. The molecule has 0 aromatic heterocycles. The molecule has 0 saturated carbocycles. The molecule has 0 amide bonds. The minimum atomic E-state index is 0.271. The van der Waals surface area contributed by atoms with Gasteiger partial charge < -0.3 is 15.2 Å². The Kier molecular flexibility index (Phi) is 3.27. The smallest absolute Gasteiger partial charge is 0.123 e. The van der Waals surface area contributed by atoms with Gasteiger partial charge in [-0.25, -0.2) is 0 Å². The van der Waals surface area contributed by atoms with E-state index in [4.69, 9.17) is 15.2 Å². The average molecular weight is 247 g/mol. The van der Waals surface area contributed by atoms with Gasteiger partial charge in [0.05, 0.1) is 6.61 Å². The Labute approximate surface area is 108 Å². The first-order valence-electron chi connectivity index (χ1n) is 6.82. The average Bonchev–Trinajstić information content (AvgIpc) is 2.73. The Morgan fingerprint density at radius 3 is 3.11 bits per heavy atom. The SMILES string of the molecule is Cc1ccc2c(c1)CC(CC1COCCC1N)O2. The zero-order valence-corrected chi connectivity index (χ0v) is 10.9. The van der Waals surface area contributed by atoms with Gasteiger partial charge in [-0.15, -0.1) is 0 Å². The molecule has 3 nitrogen and oxygen atoms in total. The summed E-state index contributed by atoms with van der Waals surface area (Å²) in [5.41, 5.74) is 8.79. The lowest BCUT2D eigenvalue weighted by molar-refractivity contribution is 0.0246. The maximum Gasteiger partial charge on any atom is 0.123 e. The van der Waals surface area contributed by atoms with Crippen molar-refractivity contribution in [3.8, 4) is 5.75 Å². The van der Waals surface area contributed by atoms with Gasteiger partial charge in [-0.2, -0.15) is 0 Å². The van der Waals surface area contributed by atoms with E-state index in [9.17, 15) is 0 Å². The molecule has 2 heterocycles. The number of ether oxygens (including phenoxy) is 2. The van der Waals surface area contributed by atoms with Crippen molar-refractivity contribution in [2.45, 2.75) is 38.3 Å². The van der Waals surface area contributed by atoms with Crippen molar-refractivity contribution in [1.82, 2.24) is 0 Å². The van der Waals surface area contributed by atoms with Gasteiger partial charge in [0.15, 0.2) is 0 Å². The standard InChI is InChI=1S/C15H21NO2/c1-10-2-3-15-11(6-10)7-13(18-15)8-12-9-17-5-4-14(12)16/h2-3,6,12-14H,4-5,7-9,16H2,1H3. The molecular formula is C15H21NO2. The predicted molar refractivity (Wildman–Crippen MR) is 70.8 cm³/mol. The second kappa shape index (κ2) is 4.90. The molecular weight excluding hydrogens is 226 g/mol. The van der Waals surface area contributed by atoms with E-state index in [0.29, 0.717) is 5.92 Å². The van der Waals surface area contributed by atoms with Crippen LogP contribution in [0.1, 0.15) is 24.0 Å². The van der Waals surface area contributed by atoms with Crippen LogP contribution < -0.4 is 10.5 Å². The highest BCUT2D eigenvalue weighted by atomic mass is 16.5. The van der Waals surface area contributed by atoms with Gasteiger partial charge >= 0.3 is 0 Å². The lowest BCUT2D eigenvalue weighted by atomic mass is 9.90. The van der Waals surface area contributed by atoms with E-state index < -0.39 is 0 Å². The normalized spacial score (nSPS) is 30.9. The number of hydrogen-bond donors (Lipinski definition) is 1. The minimum absolute atomic E-state index is 0.271. The summed E-state index contributed by atoms with van der Waals surface area (Å²) >= 11 is 0. The van der Waals surface area contributed by atoms with E-state index >= 15 is 0 Å². The van der Waals surface area contributed by atoms with Crippen LogP contribution in [0.5, 0.6) is 5.75 Å². The molecule has 1 fully saturated rings. The second-order valence-electron chi connectivity index (χ2n) is 5.58. The van der Waals surface area contributed by atoms with E-state index in [1.54, 1.807) is 0 Å². The van der Waals surface area contributed by atoms with Gasteiger partial charge in [0, 0.05) is 25.0 Å². The molecule has 0 aliphatic carbocycles. The lowest BCUT2D eigenvalue weighted by Crippen LogP contribution is -2.40. The van der Waals surface area contributed by atoms with Crippen molar-refractivity contribution >= 4 is 0 Å². The third-order valence-electron chi connectivity index (χ3n) is 4.06. The van der Waals surface area contributed by atoms with Crippen molar-refractivity contribution in [2.75, 3.05) is 13.2 Å². The predicted octanol–water partition coefficient (Wildman–Crippen LogP) is 2.05. The summed E-state index contributed by atoms with van der Waals surface area (Å²) in [5.74, 6) is 1.50. The highest BCUT2D eigenvalue weighted by Gasteiger charge is 2.30. The fourth-order valence-corrected chi connectivity index (χ4v) is 2.97. The molecule has 3 rings (SSSR count). The Morgan fingerprint density at radius 2 is 2.28 bits per heavy atom. The minimum Gasteiger partial charge on any atom is -0.490 e. The zero-order chi connectivity index (χ0) is 12.5. The van der Waals surface area contributed by atoms with Crippen LogP contribution in [0.15, 0.2) is 18.2 Å². The first-order valence-corrected chi connectivity index (χ1v) is 6.82. The Hall–Kier alpha value is -1.06. The summed E-state index contributed by atoms with van der Waals surface area (Å²) < 4.78 is 11.5. The molecule has 2 aliphatic heterocycles. The molecule has 1 aromatic carbocycles. The third kappa shape index (κ3) is 2.38. The van der Waals surface area contributed by atoms with Crippen LogP contribution in [0.4, 0.5) is 0 Å². The third-order valence-corrected chi connectivity index (χ3v) is 4.06. The fraction of sp³-hybridized carbons (Fsp3) is 0.600. The van der Waals surface area contributed by atoms with Gasteiger partial charge in [0.2, 0.25) is 0 Å². The van der Waals surface area contributed by atoms with Gasteiger partial charge in [0.1, 0.15) is 11.9 Å². The molecule has 0 spiro atoms. The number of hydrogen-bond acceptors (Lipinski definition) is 3. The molecule has 3 heteroatoms. The van der Waals surface area contributed by atoms with Crippen LogP contribution in [0.25, 0.3) is 0 Å². The summed E-state index contributed by atoms with van der Waals surface area (Å²) in [6, 6.07) is 6.69. The number of nitrogens with two attached hydrogens (primary N) is 1. The molecule has 0 radical (unpaired) electrons. The first-order chi connectivity index (χ1) is 8.72. The highest BCUT2D eigenvalue weighted by Crippen LogP contribution is 2.33.